The van der Waals surface area contributed by atoms with E-state index in [1.807, 2.05) is 31.2 Å². The Hall–Kier alpha value is -2.53. The smallest absolute Gasteiger partial charge is 0.227 e. The van der Waals surface area contributed by atoms with Gasteiger partial charge in [0, 0.05) is 34.4 Å². The number of fused-ring (bicyclic) bond motifs is 1. The summed E-state index contributed by atoms with van der Waals surface area (Å²) in [5.74, 6) is 0.121. The van der Waals surface area contributed by atoms with Crippen molar-refractivity contribution < 1.29 is 4.79 Å². The fraction of sp³-hybridized carbons (Fsp3) is 0.286. The maximum Gasteiger partial charge on any atom is 0.227 e. The average Bonchev–Trinajstić information content (AvgIpc) is 3.08. The molecule has 4 rings (SSSR count). The number of carbonyl (C=O) groups excluding carboxylic acids is 1. The van der Waals surface area contributed by atoms with E-state index in [9.17, 15) is 4.79 Å². The number of amides is 1. The number of nitrogens with zero attached hydrogens (tertiary/aromatic N) is 2. The van der Waals surface area contributed by atoms with Crippen LogP contribution in [0.25, 0.3) is 10.6 Å². The minimum atomic E-state index is 0.00828. The lowest BCUT2D eigenvalue weighted by atomic mass is 9.90. The first-order valence-corrected chi connectivity index (χ1v) is 9.69. The molecule has 2 heterocycles. The molecule has 1 unspecified atom stereocenters. The second-order valence-electron chi connectivity index (χ2n) is 6.87. The van der Waals surface area contributed by atoms with Crippen LogP contribution < -0.4 is 5.32 Å². The summed E-state index contributed by atoms with van der Waals surface area (Å²) >= 11 is 1.70. The van der Waals surface area contributed by atoms with Crippen molar-refractivity contribution in [3.05, 3.63) is 64.4 Å². The molecule has 26 heavy (non-hydrogen) atoms. The second kappa shape index (κ2) is 7.00. The van der Waals surface area contributed by atoms with Crippen LogP contribution in [0.2, 0.25) is 0 Å². The highest BCUT2D eigenvalue weighted by Crippen LogP contribution is 2.35. The molecule has 0 saturated carbocycles. The highest BCUT2D eigenvalue weighted by molar-refractivity contribution is 7.15. The Kier molecular flexibility index (Phi) is 4.55. The normalized spacial score (nSPS) is 16.2. The Morgan fingerprint density at radius 1 is 1.19 bits per heavy atom. The molecule has 1 atom stereocenters. The summed E-state index contributed by atoms with van der Waals surface area (Å²) in [4.78, 5) is 22.8. The summed E-state index contributed by atoms with van der Waals surface area (Å²) in [7, 11) is 0. The van der Waals surface area contributed by atoms with E-state index in [0.29, 0.717) is 0 Å². The van der Waals surface area contributed by atoms with E-state index in [-0.39, 0.29) is 11.8 Å². The van der Waals surface area contributed by atoms with Crippen molar-refractivity contribution in [2.24, 2.45) is 5.92 Å². The third-order valence-corrected chi connectivity index (χ3v) is 6.05. The highest BCUT2D eigenvalue weighted by Gasteiger charge is 2.28. The van der Waals surface area contributed by atoms with Crippen LogP contribution in [0.1, 0.15) is 28.1 Å². The standard InChI is InChI=1S/C21H21N3OS/c1-13-3-5-17(14(2)11-13)23-20(25)16-4-6-18-19(12-16)26-21(24-18)15-7-9-22-10-8-15/h3,5,7-11,16H,4,6,12H2,1-2H3,(H,23,25). The third-order valence-electron chi connectivity index (χ3n) is 4.88. The molecule has 1 N–H and O–H groups in total. The molecule has 1 aromatic carbocycles. The van der Waals surface area contributed by atoms with Gasteiger partial charge in [0.25, 0.3) is 0 Å². The van der Waals surface area contributed by atoms with Gasteiger partial charge in [-0.1, -0.05) is 17.7 Å². The first-order valence-electron chi connectivity index (χ1n) is 8.87. The molecule has 0 saturated heterocycles. The zero-order chi connectivity index (χ0) is 18.1. The van der Waals surface area contributed by atoms with E-state index < -0.39 is 0 Å². The van der Waals surface area contributed by atoms with E-state index in [2.05, 4.69) is 23.3 Å². The topological polar surface area (TPSA) is 54.9 Å². The van der Waals surface area contributed by atoms with Gasteiger partial charge in [0.2, 0.25) is 5.91 Å². The fourth-order valence-electron chi connectivity index (χ4n) is 3.41. The lowest BCUT2D eigenvalue weighted by molar-refractivity contribution is -0.120. The summed E-state index contributed by atoms with van der Waals surface area (Å²) in [5, 5.41) is 4.13. The van der Waals surface area contributed by atoms with Crippen LogP contribution >= 0.6 is 11.3 Å². The molecule has 0 fully saturated rings. The summed E-state index contributed by atoms with van der Waals surface area (Å²) in [6, 6.07) is 10.1. The minimum Gasteiger partial charge on any atom is -0.326 e. The Morgan fingerprint density at radius 3 is 2.77 bits per heavy atom. The molecule has 3 aromatic rings. The zero-order valence-electron chi connectivity index (χ0n) is 15.0. The Bertz CT molecular complexity index is 949. The predicted octanol–water partition coefficient (Wildman–Crippen LogP) is 4.57. The molecule has 4 nitrogen and oxygen atoms in total. The first-order chi connectivity index (χ1) is 12.6. The molecule has 132 valence electrons. The van der Waals surface area contributed by atoms with Crippen LogP contribution in [0.15, 0.2) is 42.7 Å². The van der Waals surface area contributed by atoms with Gasteiger partial charge in [-0.05, 0) is 56.9 Å². The van der Waals surface area contributed by atoms with Gasteiger partial charge >= 0.3 is 0 Å². The van der Waals surface area contributed by atoms with Crippen LogP contribution in [0.3, 0.4) is 0 Å². The molecule has 1 aliphatic rings. The fourth-order valence-corrected chi connectivity index (χ4v) is 4.60. The molecule has 1 amide bonds. The van der Waals surface area contributed by atoms with Crippen molar-refractivity contribution in [2.45, 2.75) is 33.1 Å². The average molecular weight is 363 g/mol. The summed E-state index contributed by atoms with van der Waals surface area (Å²) < 4.78 is 0. The van der Waals surface area contributed by atoms with Gasteiger partial charge in [-0.25, -0.2) is 4.98 Å². The quantitative estimate of drug-likeness (QED) is 0.742. The largest absolute Gasteiger partial charge is 0.326 e. The number of rotatable bonds is 3. The van der Waals surface area contributed by atoms with Crippen molar-refractivity contribution in [1.29, 1.82) is 0 Å². The zero-order valence-corrected chi connectivity index (χ0v) is 15.8. The number of benzene rings is 1. The van der Waals surface area contributed by atoms with Gasteiger partial charge in [0.1, 0.15) is 5.01 Å². The van der Waals surface area contributed by atoms with Gasteiger partial charge < -0.3 is 5.32 Å². The maximum atomic E-state index is 12.8. The number of hydrogen-bond donors (Lipinski definition) is 1. The van der Waals surface area contributed by atoms with Crippen LogP contribution in [0.5, 0.6) is 0 Å². The Balaban J connectivity index is 1.49. The van der Waals surface area contributed by atoms with Gasteiger partial charge in [-0.3, -0.25) is 9.78 Å². The lowest BCUT2D eigenvalue weighted by Gasteiger charge is -2.21. The number of aryl methyl sites for hydroxylation is 3. The predicted molar refractivity (Wildman–Crippen MR) is 105 cm³/mol. The van der Waals surface area contributed by atoms with E-state index >= 15 is 0 Å². The van der Waals surface area contributed by atoms with E-state index in [1.54, 1.807) is 23.7 Å². The highest BCUT2D eigenvalue weighted by atomic mass is 32.1. The van der Waals surface area contributed by atoms with E-state index in [4.69, 9.17) is 4.98 Å². The number of nitrogens with one attached hydrogen (secondary N) is 1. The van der Waals surface area contributed by atoms with Crippen molar-refractivity contribution in [3.8, 4) is 10.6 Å². The van der Waals surface area contributed by atoms with Gasteiger partial charge in [0.05, 0.1) is 5.69 Å². The number of pyridine rings is 1. The van der Waals surface area contributed by atoms with Crippen LogP contribution in [0.4, 0.5) is 5.69 Å². The molecule has 0 bridgehead atoms. The molecule has 0 radical (unpaired) electrons. The molecule has 5 heteroatoms. The van der Waals surface area contributed by atoms with Gasteiger partial charge in [0.15, 0.2) is 0 Å². The number of hydrogen-bond acceptors (Lipinski definition) is 4. The van der Waals surface area contributed by atoms with Gasteiger partial charge in [-0.2, -0.15) is 0 Å². The Morgan fingerprint density at radius 2 is 2.00 bits per heavy atom. The molecule has 1 aliphatic carbocycles. The Labute approximate surface area is 157 Å². The first kappa shape index (κ1) is 16.9. The van der Waals surface area contributed by atoms with E-state index in [1.165, 1.54) is 10.4 Å². The summed E-state index contributed by atoms with van der Waals surface area (Å²) in [5.41, 5.74) is 5.46. The van der Waals surface area contributed by atoms with Crippen molar-refractivity contribution in [2.75, 3.05) is 5.32 Å². The van der Waals surface area contributed by atoms with Crippen LogP contribution in [0, 0.1) is 19.8 Å². The second-order valence-corrected chi connectivity index (χ2v) is 7.96. The molecular weight excluding hydrogens is 342 g/mol. The van der Waals surface area contributed by atoms with E-state index in [0.717, 1.165) is 46.8 Å². The van der Waals surface area contributed by atoms with Gasteiger partial charge in [-0.15, -0.1) is 11.3 Å². The lowest BCUT2D eigenvalue weighted by Crippen LogP contribution is -2.28. The molecule has 0 spiro atoms. The minimum absolute atomic E-state index is 0.00828. The van der Waals surface area contributed by atoms with Crippen LogP contribution in [-0.4, -0.2) is 15.9 Å². The monoisotopic (exact) mass is 363 g/mol. The number of aromatic nitrogens is 2. The number of anilines is 1. The van der Waals surface area contributed by atoms with Crippen molar-refractivity contribution >= 4 is 22.9 Å². The van der Waals surface area contributed by atoms with Crippen molar-refractivity contribution in [1.82, 2.24) is 9.97 Å². The molecule has 0 aliphatic heterocycles. The van der Waals surface area contributed by atoms with Crippen molar-refractivity contribution in [3.63, 3.8) is 0 Å². The molecular formula is C21H21N3OS. The number of thiazole rings is 1. The van der Waals surface area contributed by atoms with Crippen LogP contribution in [-0.2, 0) is 17.6 Å². The SMILES string of the molecule is Cc1ccc(NC(=O)C2CCc3nc(-c4ccncc4)sc3C2)c(C)c1. The third kappa shape index (κ3) is 3.40. The summed E-state index contributed by atoms with van der Waals surface area (Å²) in [6.07, 6.45) is 6.06. The number of carbonyl (C=O) groups is 1. The summed E-state index contributed by atoms with van der Waals surface area (Å²) in [6.45, 7) is 4.09. The maximum absolute atomic E-state index is 12.8. The molecule has 2 aromatic heterocycles.